The number of amides is 2. The first-order valence-electron chi connectivity index (χ1n) is 10.5. The maximum absolute atomic E-state index is 13.1. The minimum absolute atomic E-state index is 0.0233. The van der Waals surface area contributed by atoms with E-state index < -0.39 is 10.0 Å². The third-order valence-corrected chi connectivity index (χ3v) is 8.92. The van der Waals surface area contributed by atoms with Crippen molar-refractivity contribution in [3.8, 4) is 0 Å². The molecule has 1 saturated heterocycles. The van der Waals surface area contributed by atoms with Gasteiger partial charge in [-0.25, -0.2) is 8.42 Å². The van der Waals surface area contributed by atoms with Crippen molar-refractivity contribution in [3.05, 3.63) is 45.8 Å². The second-order valence-corrected chi connectivity index (χ2v) is 10.8. The van der Waals surface area contributed by atoms with Gasteiger partial charge in [-0.1, -0.05) is 13.3 Å². The van der Waals surface area contributed by atoms with Crippen molar-refractivity contribution >= 4 is 38.2 Å². The maximum atomic E-state index is 13.1. The van der Waals surface area contributed by atoms with Crippen LogP contribution in [0.3, 0.4) is 0 Å². The lowest BCUT2D eigenvalue weighted by molar-refractivity contribution is 0.0963. The predicted octanol–water partition coefficient (Wildman–Crippen LogP) is 3.93. The van der Waals surface area contributed by atoms with Crippen LogP contribution in [0.1, 0.15) is 63.8 Å². The molecule has 0 spiro atoms. The number of carbonyl (C=O) groups excluding carboxylic acids is 2. The van der Waals surface area contributed by atoms with Gasteiger partial charge < -0.3 is 10.6 Å². The molecule has 2 amide bonds. The average molecular weight is 464 g/mol. The molecule has 0 unspecified atom stereocenters. The first kappa shape index (κ1) is 23.4. The van der Waals surface area contributed by atoms with Gasteiger partial charge in [0.15, 0.2) is 0 Å². The number of thiophene rings is 1. The van der Waals surface area contributed by atoms with Gasteiger partial charge in [-0.05, 0) is 62.9 Å². The van der Waals surface area contributed by atoms with Gasteiger partial charge >= 0.3 is 0 Å². The molecule has 3 rings (SSSR count). The van der Waals surface area contributed by atoms with E-state index in [1.54, 1.807) is 11.4 Å². The van der Waals surface area contributed by atoms with Crippen molar-refractivity contribution in [1.82, 2.24) is 9.62 Å². The fourth-order valence-electron chi connectivity index (χ4n) is 3.90. The summed E-state index contributed by atoms with van der Waals surface area (Å²) in [5.41, 5.74) is 1.61. The molecule has 0 saturated carbocycles. The third kappa shape index (κ3) is 4.68. The predicted molar refractivity (Wildman–Crippen MR) is 123 cm³/mol. The number of rotatable bonds is 6. The Balaban J connectivity index is 1.81. The summed E-state index contributed by atoms with van der Waals surface area (Å²) in [6.07, 6.45) is 3.57. The highest BCUT2D eigenvalue weighted by molar-refractivity contribution is 7.89. The number of piperidine rings is 1. The first-order valence-corrected chi connectivity index (χ1v) is 12.7. The van der Waals surface area contributed by atoms with E-state index in [-0.39, 0.29) is 22.8 Å². The number of aryl methyl sites for hydroxylation is 1. The van der Waals surface area contributed by atoms with Crippen LogP contribution in [0, 0.1) is 13.8 Å². The van der Waals surface area contributed by atoms with E-state index in [4.69, 9.17) is 0 Å². The van der Waals surface area contributed by atoms with E-state index in [2.05, 4.69) is 10.6 Å². The zero-order valence-electron chi connectivity index (χ0n) is 18.3. The van der Waals surface area contributed by atoms with E-state index in [1.807, 2.05) is 20.8 Å². The minimum Gasteiger partial charge on any atom is -0.355 e. The number of hydrogen-bond acceptors (Lipinski definition) is 5. The highest BCUT2D eigenvalue weighted by Gasteiger charge is 2.32. The Hall–Kier alpha value is -2.23. The Morgan fingerprint density at radius 2 is 1.81 bits per heavy atom. The second-order valence-electron chi connectivity index (χ2n) is 7.72. The molecule has 1 aromatic carbocycles. The number of nitrogens with one attached hydrogen (secondary N) is 2. The summed E-state index contributed by atoms with van der Waals surface area (Å²) in [4.78, 5) is 26.1. The van der Waals surface area contributed by atoms with Crippen molar-refractivity contribution in [2.75, 3.05) is 18.9 Å². The van der Waals surface area contributed by atoms with E-state index >= 15 is 0 Å². The van der Waals surface area contributed by atoms with E-state index in [0.717, 1.165) is 36.1 Å². The minimum atomic E-state index is -3.60. The van der Waals surface area contributed by atoms with Gasteiger partial charge in [-0.3, -0.25) is 9.59 Å². The van der Waals surface area contributed by atoms with Gasteiger partial charge in [-0.2, -0.15) is 4.31 Å². The summed E-state index contributed by atoms with van der Waals surface area (Å²) in [7, 11) is -2.05. The Morgan fingerprint density at radius 1 is 1.13 bits per heavy atom. The highest BCUT2D eigenvalue weighted by atomic mass is 32.2. The topological polar surface area (TPSA) is 95.6 Å². The van der Waals surface area contributed by atoms with Gasteiger partial charge in [0.05, 0.1) is 10.5 Å². The lowest BCUT2D eigenvalue weighted by atomic mass is 10.0. The van der Waals surface area contributed by atoms with Crippen molar-refractivity contribution < 1.29 is 18.0 Å². The van der Waals surface area contributed by atoms with Crippen LogP contribution in [-0.2, 0) is 10.0 Å². The van der Waals surface area contributed by atoms with Gasteiger partial charge in [0, 0.05) is 30.1 Å². The molecule has 1 fully saturated rings. The fourth-order valence-corrected chi connectivity index (χ4v) is 6.72. The number of sulfonamides is 1. The van der Waals surface area contributed by atoms with Crippen LogP contribution < -0.4 is 10.6 Å². The average Bonchev–Trinajstić information content (AvgIpc) is 3.06. The summed E-state index contributed by atoms with van der Waals surface area (Å²) in [6.45, 7) is 6.28. The first-order chi connectivity index (χ1) is 14.7. The molecule has 2 N–H and O–H groups in total. The molecule has 9 heteroatoms. The molecule has 1 atom stereocenters. The number of benzene rings is 1. The molecule has 2 heterocycles. The number of nitrogens with zero attached hydrogens (tertiary/aromatic N) is 1. The summed E-state index contributed by atoms with van der Waals surface area (Å²) in [5, 5.41) is 5.88. The zero-order chi connectivity index (χ0) is 22.8. The quantitative estimate of drug-likeness (QED) is 0.678. The van der Waals surface area contributed by atoms with Crippen LogP contribution in [-0.4, -0.2) is 44.2 Å². The summed E-state index contributed by atoms with van der Waals surface area (Å²) in [5.74, 6) is -0.648. The lowest BCUT2D eigenvalue weighted by Crippen LogP contribution is -2.43. The molecule has 1 aliphatic rings. The second kappa shape index (κ2) is 9.50. The van der Waals surface area contributed by atoms with Crippen LogP contribution >= 0.6 is 11.3 Å². The van der Waals surface area contributed by atoms with Crippen LogP contribution in [0.25, 0.3) is 0 Å². The standard InChI is InChI=1S/C22H29N3O4S2/c1-5-17-8-6-7-13-25(17)31(28,29)18-11-9-16(10-12-18)20(26)24-22-19(21(27)23-4)14(2)15(3)30-22/h9-12,17H,5-8,13H2,1-4H3,(H,23,27)(H,24,26)/t17-/m0/s1. The van der Waals surface area contributed by atoms with Crippen LogP contribution in [0.4, 0.5) is 5.00 Å². The fraction of sp³-hybridized carbons (Fsp3) is 0.455. The van der Waals surface area contributed by atoms with Crippen LogP contribution in [0.5, 0.6) is 0 Å². The molecule has 31 heavy (non-hydrogen) atoms. The van der Waals surface area contributed by atoms with Crippen molar-refractivity contribution in [3.63, 3.8) is 0 Å². The van der Waals surface area contributed by atoms with Crippen molar-refractivity contribution in [1.29, 1.82) is 0 Å². The zero-order valence-corrected chi connectivity index (χ0v) is 20.0. The Morgan fingerprint density at radius 3 is 2.42 bits per heavy atom. The van der Waals surface area contributed by atoms with Gasteiger partial charge in [0.1, 0.15) is 5.00 Å². The molecular weight excluding hydrogens is 434 g/mol. The molecule has 1 aliphatic heterocycles. The Labute approximate surface area is 187 Å². The number of anilines is 1. The van der Waals surface area contributed by atoms with Gasteiger partial charge in [0.25, 0.3) is 11.8 Å². The van der Waals surface area contributed by atoms with E-state index in [9.17, 15) is 18.0 Å². The van der Waals surface area contributed by atoms with E-state index in [0.29, 0.717) is 22.7 Å². The molecule has 1 aromatic heterocycles. The monoisotopic (exact) mass is 463 g/mol. The van der Waals surface area contributed by atoms with Crippen LogP contribution in [0.2, 0.25) is 0 Å². The largest absolute Gasteiger partial charge is 0.355 e. The smallest absolute Gasteiger partial charge is 0.256 e. The molecule has 0 aliphatic carbocycles. The molecule has 2 aromatic rings. The van der Waals surface area contributed by atoms with E-state index in [1.165, 1.54) is 35.6 Å². The van der Waals surface area contributed by atoms with Crippen LogP contribution in [0.15, 0.2) is 29.2 Å². The summed E-state index contributed by atoms with van der Waals surface area (Å²) in [6, 6.07) is 6.02. The molecule has 7 nitrogen and oxygen atoms in total. The highest BCUT2D eigenvalue weighted by Crippen LogP contribution is 2.33. The SMILES string of the molecule is CC[C@H]1CCCCN1S(=O)(=O)c1ccc(C(=O)Nc2sc(C)c(C)c2C(=O)NC)cc1. The van der Waals surface area contributed by atoms with Gasteiger partial charge in [0.2, 0.25) is 10.0 Å². The maximum Gasteiger partial charge on any atom is 0.256 e. The normalized spacial score (nSPS) is 17.4. The summed E-state index contributed by atoms with van der Waals surface area (Å²) < 4.78 is 27.8. The molecule has 0 radical (unpaired) electrons. The molecule has 168 valence electrons. The van der Waals surface area contributed by atoms with Crippen molar-refractivity contribution in [2.45, 2.75) is 57.4 Å². The molecular formula is C22H29N3O4S2. The van der Waals surface area contributed by atoms with Gasteiger partial charge in [-0.15, -0.1) is 11.3 Å². The summed E-state index contributed by atoms with van der Waals surface area (Å²) >= 11 is 1.34. The van der Waals surface area contributed by atoms with Crippen molar-refractivity contribution in [2.24, 2.45) is 0 Å². The number of carbonyl (C=O) groups is 2. The number of hydrogen-bond donors (Lipinski definition) is 2. The third-order valence-electron chi connectivity index (χ3n) is 5.83. The Kier molecular flexibility index (Phi) is 7.18. The molecule has 0 bridgehead atoms. The lowest BCUT2D eigenvalue weighted by Gasteiger charge is -2.34. The Bertz CT molecular complexity index is 1070.